The van der Waals surface area contributed by atoms with Gasteiger partial charge in [0.05, 0.1) is 6.61 Å². The number of hydrogen-bond donors (Lipinski definition) is 0. The van der Waals surface area contributed by atoms with Crippen LogP contribution in [0.25, 0.3) is 0 Å². The van der Waals surface area contributed by atoms with E-state index in [2.05, 4.69) is 11.7 Å². The van der Waals surface area contributed by atoms with E-state index >= 15 is 0 Å². The fraction of sp³-hybridized carbons (Fsp3) is 0.875. The molecule has 0 aromatic heterocycles. The van der Waals surface area contributed by atoms with Crippen LogP contribution in [0.3, 0.4) is 0 Å². The molecule has 0 saturated carbocycles. The average Bonchev–Trinajstić information content (AvgIpc) is 2.03. The molecule has 79 valence electrons. The van der Waals surface area contributed by atoms with E-state index in [9.17, 15) is 17.6 Å². The molecule has 0 unspecified atom stereocenters. The second kappa shape index (κ2) is 6.18. The number of rotatable bonds is 7. The summed E-state index contributed by atoms with van der Waals surface area (Å²) in [5.41, 5.74) is 0. The minimum absolute atomic E-state index is 0.336. The molecule has 1 nitrogen and oxygen atoms in total. The molecule has 0 aromatic rings. The topological polar surface area (TPSA) is 9.23 Å². The van der Waals surface area contributed by atoms with Crippen molar-refractivity contribution in [2.75, 3.05) is 6.61 Å². The van der Waals surface area contributed by atoms with E-state index in [1.54, 1.807) is 0 Å². The molecule has 0 aromatic carbocycles. The summed E-state index contributed by atoms with van der Waals surface area (Å²) in [4.78, 5) is 0. The van der Waals surface area contributed by atoms with Crippen molar-refractivity contribution in [3.8, 4) is 0 Å². The van der Waals surface area contributed by atoms with Gasteiger partial charge in [0.2, 0.25) is 0 Å². The normalized spacial score (nSPS) is 12.5. The number of unbranched alkanes of at least 4 members (excludes halogenated alkanes) is 3. The maximum atomic E-state index is 12.1. The highest BCUT2D eigenvalue weighted by atomic mass is 19.3. The van der Waals surface area contributed by atoms with Crippen molar-refractivity contribution in [2.24, 2.45) is 0 Å². The molecule has 0 spiro atoms. The summed E-state index contributed by atoms with van der Waals surface area (Å²) in [6, 6.07) is 0. The first kappa shape index (κ1) is 12.7. The Hall–Kier alpha value is -0.320. The molecule has 0 rings (SSSR count). The third-order valence-corrected chi connectivity index (χ3v) is 1.44. The van der Waals surface area contributed by atoms with Crippen LogP contribution in [0.15, 0.2) is 0 Å². The van der Waals surface area contributed by atoms with Gasteiger partial charge in [-0.15, -0.1) is 0 Å². The minimum atomic E-state index is -4.30. The molecule has 0 amide bonds. The SMILES string of the molecule is [CH2]CCCCCOC(F)(F)C(F)F. The van der Waals surface area contributed by atoms with Crippen LogP contribution in [-0.2, 0) is 4.74 Å². The third-order valence-electron chi connectivity index (χ3n) is 1.44. The van der Waals surface area contributed by atoms with Gasteiger partial charge >= 0.3 is 12.5 Å². The van der Waals surface area contributed by atoms with Crippen molar-refractivity contribution < 1.29 is 22.3 Å². The summed E-state index contributed by atoms with van der Waals surface area (Å²) in [5, 5.41) is 0. The molecule has 0 atom stereocenters. The first-order chi connectivity index (χ1) is 6.00. The van der Waals surface area contributed by atoms with Crippen LogP contribution in [0.5, 0.6) is 0 Å². The van der Waals surface area contributed by atoms with Gasteiger partial charge in [0.15, 0.2) is 0 Å². The van der Waals surface area contributed by atoms with Crippen LogP contribution in [0.1, 0.15) is 25.7 Å². The van der Waals surface area contributed by atoms with Crippen LogP contribution >= 0.6 is 0 Å². The highest BCUT2D eigenvalue weighted by molar-refractivity contribution is 4.55. The molecule has 0 N–H and O–H groups in total. The highest BCUT2D eigenvalue weighted by Gasteiger charge is 2.41. The van der Waals surface area contributed by atoms with E-state index in [1.807, 2.05) is 0 Å². The second-order valence-corrected chi connectivity index (χ2v) is 2.63. The van der Waals surface area contributed by atoms with Crippen molar-refractivity contribution >= 4 is 0 Å². The summed E-state index contributed by atoms with van der Waals surface area (Å²) >= 11 is 0. The van der Waals surface area contributed by atoms with E-state index in [4.69, 9.17) is 0 Å². The van der Waals surface area contributed by atoms with Gasteiger partial charge in [-0.2, -0.15) is 8.78 Å². The standard InChI is InChI=1S/C8H13F4O/c1-2-3-4-5-6-13-8(11,12)7(9)10/h7H,1-6H2. The molecule has 0 aliphatic carbocycles. The molecule has 13 heavy (non-hydrogen) atoms. The van der Waals surface area contributed by atoms with Crippen molar-refractivity contribution in [3.63, 3.8) is 0 Å². The van der Waals surface area contributed by atoms with Crippen LogP contribution < -0.4 is 0 Å². The van der Waals surface area contributed by atoms with Crippen molar-refractivity contribution in [1.29, 1.82) is 0 Å². The molecule has 0 fully saturated rings. The number of ether oxygens (including phenoxy) is 1. The van der Waals surface area contributed by atoms with Crippen LogP contribution in [-0.4, -0.2) is 19.1 Å². The zero-order valence-corrected chi connectivity index (χ0v) is 7.24. The lowest BCUT2D eigenvalue weighted by Gasteiger charge is -2.15. The van der Waals surface area contributed by atoms with Gasteiger partial charge < -0.3 is 4.74 Å². The summed E-state index contributed by atoms with van der Waals surface area (Å²) in [6.07, 6.45) is -5.51. The van der Waals surface area contributed by atoms with Gasteiger partial charge in [-0.05, 0) is 6.42 Å². The van der Waals surface area contributed by atoms with Crippen LogP contribution in [0.4, 0.5) is 17.6 Å². The van der Waals surface area contributed by atoms with Crippen LogP contribution in [0, 0.1) is 6.92 Å². The Bertz CT molecular complexity index is 127. The van der Waals surface area contributed by atoms with Crippen molar-refractivity contribution in [3.05, 3.63) is 6.92 Å². The Morgan fingerprint density at radius 1 is 1.15 bits per heavy atom. The molecular weight excluding hydrogens is 188 g/mol. The predicted molar refractivity (Wildman–Crippen MR) is 40.7 cm³/mol. The van der Waals surface area contributed by atoms with Gasteiger partial charge in [-0.3, -0.25) is 0 Å². The Morgan fingerprint density at radius 2 is 1.77 bits per heavy atom. The number of halogens is 4. The van der Waals surface area contributed by atoms with Gasteiger partial charge in [0, 0.05) is 0 Å². The fourth-order valence-electron chi connectivity index (χ4n) is 0.727. The van der Waals surface area contributed by atoms with Crippen molar-refractivity contribution in [1.82, 2.24) is 0 Å². The van der Waals surface area contributed by atoms with E-state index in [0.29, 0.717) is 19.3 Å². The summed E-state index contributed by atoms with van der Waals surface area (Å²) < 4.78 is 50.9. The van der Waals surface area contributed by atoms with Gasteiger partial charge in [0.1, 0.15) is 0 Å². The van der Waals surface area contributed by atoms with Gasteiger partial charge in [-0.25, -0.2) is 8.78 Å². The van der Waals surface area contributed by atoms with E-state index in [1.165, 1.54) is 0 Å². The Labute approximate surface area is 75.1 Å². The fourth-order valence-corrected chi connectivity index (χ4v) is 0.727. The van der Waals surface area contributed by atoms with Gasteiger partial charge in [0.25, 0.3) is 0 Å². The lowest BCUT2D eigenvalue weighted by molar-refractivity contribution is -0.300. The molecule has 0 heterocycles. The largest absolute Gasteiger partial charge is 0.416 e. The molecule has 1 radical (unpaired) electrons. The number of hydrogen-bond acceptors (Lipinski definition) is 1. The molecule has 0 bridgehead atoms. The van der Waals surface area contributed by atoms with E-state index in [-0.39, 0.29) is 6.61 Å². The molecule has 0 aliphatic heterocycles. The lowest BCUT2D eigenvalue weighted by atomic mass is 10.2. The lowest BCUT2D eigenvalue weighted by Crippen LogP contribution is -2.30. The average molecular weight is 201 g/mol. The first-order valence-electron chi connectivity index (χ1n) is 4.10. The molecule has 5 heteroatoms. The summed E-state index contributed by atoms with van der Waals surface area (Å²) in [6.45, 7) is 3.22. The van der Waals surface area contributed by atoms with Crippen molar-refractivity contribution in [2.45, 2.75) is 38.2 Å². The zero-order valence-electron chi connectivity index (χ0n) is 7.24. The smallest absolute Gasteiger partial charge is 0.316 e. The molecule has 0 aliphatic rings. The second-order valence-electron chi connectivity index (χ2n) is 2.63. The maximum Gasteiger partial charge on any atom is 0.416 e. The highest BCUT2D eigenvalue weighted by Crippen LogP contribution is 2.24. The Kier molecular flexibility index (Phi) is 6.03. The van der Waals surface area contributed by atoms with E-state index < -0.39 is 12.5 Å². The zero-order chi connectivity index (χ0) is 10.3. The minimum Gasteiger partial charge on any atom is -0.316 e. The molecule has 0 saturated heterocycles. The summed E-state index contributed by atoms with van der Waals surface area (Å²) in [5.74, 6) is 0. The molecular formula is C8H13F4O. The maximum absolute atomic E-state index is 12.1. The predicted octanol–water partition coefficient (Wildman–Crippen LogP) is 3.26. The quantitative estimate of drug-likeness (QED) is 0.453. The van der Waals surface area contributed by atoms with E-state index in [0.717, 1.165) is 6.42 Å². The van der Waals surface area contributed by atoms with Gasteiger partial charge in [-0.1, -0.05) is 26.2 Å². The third kappa shape index (κ3) is 5.85. The van der Waals surface area contributed by atoms with Crippen LogP contribution in [0.2, 0.25) is 0 Å². The summed E-state index contributed by atoms with van der Waals surface area (Å²) in [7, 11) is 0. The Balaban J connectivity index is 3.41. The Morgan fingerprint density at radius 3 is 2.23 bits per heavy atom. The number of alkyl halides is 4. The monoisotopic (exact) mass is 201 g/mol. The first-order valence-corrected chi connectivity index (χ1v) is 4.10.